The molecule has 0 aliphatic carbocycles. The zero-order chi connectivity index (χ0) is 19.0. The molecule has 9 heteroatoms. The molecule has 0 bridgehead atoms. The zero-order valence-corrected chi connectivity index (χ0v) is 17.3. The molecule has 2 heterocycles. The molecular weight excluding hydrogens is 440 g/mol. The van der Waals surface area contributed by atoms with Crippen LogP contribution in [-0.2, 0) is 19.1 Å². The first-order valence-electron chi connectivity index (χ1n) is 7.86. The Labute approximate surface area is 168 Å². The lowest BCUT2D eigenvalue weighted by atomic mass is 10.1. The molecule has 2 aliphatic heterocycles. The zero-order valence-electron chi connectivity index (χ0n) is 14.1. The van der Waals surface area contributed by atoms with Crippen molar-refractivity contribution in [2.45, 2.75) is 13.3 Å². The van der Waals surface area contributed by atoms with Crippen molar-refractivity contribution >= 4 is 73.3 Å². The van der Waals surface area contributed by atoms with E-state index in [1.165, 1.54) is 9.80 Å². The van der Waals surface area contributed by atoms with E-state index in [-0.39, 0.29) is 37.4 Å². The number of anilines is 1. The number of fused-ring (bicyclic) bond motifs is 1. The van der Waals surface area contributed by atoms with E-state index in [1.54, 1.807) is 14.0 Å². The minimum absolute atomic E-state index is 0.0544. The van der Waals surface area contributed by atoms with Crippen molar-refractivity contribution < 1.29 is 19.1 Å². The van der Waals surface area contributed by atoms with Gasteiger partial charge in [-0.25, -0.2) is 0 Å². The number of halogens is 1. The first-order valence-corrected chi connectivity index (χ1v) is 9.88. The summed E-state index contributed by atoms with van der Waals surface area (Å²) in [4.78, 5) is 40.3. The number of nitrogens with zero attached hydrogens (tertiary/aromatic N) is 2. The molecular formula is C17H15BrN2O4S2. The fourth-order valence-corrected chi connectivity index (χ4v) is 4.53. The fourth-order valence-electron chi connectivity index (χ4n) is 2.79. The number of ether oxygens (including phenoxy) is 1. The highest BCUT2D eigenvalue weighted by Crippen LogP contribution is 2.44. The third-order valence-corrected chi connectivity index (χ3v) is 5.97. The number of hydrogen-bond donors (Lipinski definition) is 0. The summed E-state index contributed by atoms with van der Waals surface area (Å²) in [5, 5.41) is 0. The van der Waals surface area contributed by atoms with Crippen molar-refractivity contribution in [3.05, 3.63) is 33.1 Å². The van der Waals surface area contributed by atoms with Crippen LogP contribution in [-0.4, -0.2) is 47.2 Å². The second-order valence-corrected chi connectivity index (χ2v) is 8.17. The van der Waals surface area contributed by atoms with Crippen molar-refractivity contribution in [1.82, 2.24) is 4.90 Å². The molecule has 1 aromatic rings. The summed E-state index contributed by atoms with van der Waals surface area (Å²) >= 11 is 9.78. The number of thiocarbonyl (C=S) groups is 1. The van der Waals surface area contributed by atoms with Gasteiger partial charge in [0, 0.05) is 23.6 Å². The van der Waals surface area contributed by atoms with Gasteiger partial charge in [-0.1, -0.05) is 39.9 Å². The molecule has 0 atom stereocenters. The van der Waals surface area contributed by atoms with Gasteiger partial charge in [0.15, 0.2) is 0 Å². The van der Waals surface area contributed by atoms with E-state index < -0.39 is 0 Å². The van der Waals surface area contributed by atoms with Crippen LogP contribution in [0.15, 0.2) is 27.6 Å². The number of amides is 2. The minimum Gasteiger partial charge on any atom is -0.466 e. The van der Waals surface area contributed by atoms with Crippen LogP contribution in [0.5, 0.6) is 0 Å². The van der Waals surface area contributed by atoms with Gasteiger partial charge in [-0.05, 0) is 25.1 Å². The highest BCUT2D eigenvalue weighted by molar-refractivity contribution is 9.10. The molecule has 26 heavy (non-hydrogen) atoms. The molecule has 0 radical (unpaired) electrons. The molecule has 6 nitrogen and oxygen atoms in total. The van der Waals surface area contributed by atoms with E-state index >= 15 is 0 Å². The van der Waals surface area contributed by atoms with Crippen molar-refractivity contribution in [3.8, 4) is 0 Å². The average Bonchev–Trinajstić information content (AvgIpc) is 3.00. The van der Waals surface area contributed by atoms with Gasteiger partial charge >= 0.3 is 5.97 Å². The van der Waals surface area contributed by atoms with E-state index in [0.29, 0.717) is 20.4 Å². The van der Waals surface area contributed by atoms with Crippen LogP contribution in [0.1, 0.15) is 18.9 Å². The van der Waals surface area contributed by atoms with Gasteiger partial charge in [0.1, 0.15) is 4.32 Å². The van der Waals surface area contributed by atoms with Gasteiger partial charge in [0.2, 0.25) is 0 Å². The topological polar surface area (TPSA) is 66.9 Å². The molecule has 1 aromatic carbocycles. The third-order valence-electron chi connectivity index (χ3n) is 4.03. The SMILES string of the molecule is CCOC(=O)CCN1C(=O)/C(=C2/C(=O)N(C)c3ccc(Br)cc32)SC1=S. The van der Waals surface area contributed by atoms with E-state index in [4.69, 9.17) is 17.0 Å². The number of thioether (sulfide) groups is 1. The number of carbonyl (C=O) groups is 3. The second-order valence-electron chi connectivity index (χ2n) is 5.61. The Morgan fingerprint density at radius 1 is 1.31 bits per heavy atom. The van der Waals surface area contributed by atoms with Gasteiger partial charge in [-0.3, -0.25) is 19.3 Å². The smallest absolute Gasteiger partial charge is 0.307 e. The molecule has 1 saturated heterocycles. The number of hydrogen-bond acceptors (Lipinski definition) is 6. The predicted molar refractivity (Wildman–Crippen MR) is 108 cm³/mol. The van der Waals surface area contributed by atoms with Crippen LogP contribution in [0, 0.1) is 0 Å². The maximum absolute atomic E-state index is 12.8. The number of rotatable bonds is 4. The predicted octanol–water partition coefficient (Wildman–Crippen LogP) is 2.95. The lowest BCUT2D eigenvalue weighted by molar-refractivity contribution is -0.143. The Balaban J connectivity index is 1.94. The van der Waals surface area contributed by atoms with Crippen LogP contribution >= 0.6 is 39.9 Å². The average molecular weight is 455 g/mol. The van der Waals surface area contributed by atoms with Gasteiger partial charge in [-0.15, -0.1) is 0 Å². The molecule has 3 rings (SSSR count). The summed E-state index contributed by atoms with van der Waals surface area (Å²) in [6, 6.07) is 5.49. The standard InChI is InChI=1S/C17H15BrN2O4S2/c1-3-24-12(21)6-7-20-16(23)14(26-17(20)25)13-10-8-9(18)4-5-11(10)19(2)15(13)22/h4-5,8H,3,6-7H2,1-2H3/b14-13-. The minimum atomic E-state index is -0.389. The molecule has 1 fully saturated rings. The number of esters is 1. The van der Waals surface area contributed by atoms with Crippen molar-refractivity contribution in [2.75, 3.05) is 25.1 Å². The summed E-state index contributed by atoms with van der Waals surface area (Å²) in [5.41, 5.74) is 1.78. The van der Waals surface area contributed by atoms with E-state index in [2.05, 4.69) is 15.9 Å². The Bertz CT molecular complexity index is 868. The molecule has 2 aliphatic rings. The van der Waals surface area contributed by atoms with Gasteiger partial charge in [-0.2, -0.15) is 0 Å². The summed E-state index contributed by atoms with van der Waals surface area (Å²) in [5.74, 6) is -0.988. The second kappa shape index (κ2) is 7.50. The third kappa shape index (κ3) is 3.30. The maximum Gasteiger partial charge on any atom is 0.307 e. The van der Waals surface area contributed by atoms with Crippen LogP contribution in [0.25, 0.3) is 5.57 Å². The number of carbonyl (C=O) groups excluding carboxylic acids is 3. The van der Waals surface area contributed by atoms with Crippen molar-refractivity contribution in [2.24, 2.45) is 0 Å². The highest BCUT2D eigenvalue weighted by Gasteiger charge is 2.41. The normalized spacial score (nSPS) is 19.4. The lowest BCUT2D eigenvalue weighted by Gasteiger charge is -2.13. The molecule has 0 saturated carbocycles. The van der Waals surface area contributed by atoms with Gasteiger partial charge in [0.05, 0.1) is 29.2 Å². The van der Waals surface area contributed by atoms with Gasteiger partial charge < -0.3 is 9.64 Å². The summed E-state index contributed by atoms with van der Waals surface area (Å²) in [6.07, 6.45) is 0.0544. The molecule has 0 N–H and O–H groups in total. The van der Waals surface area contributed by atoms with E-state index in [1.807, 2.05) is 18.2 Å². The monoisotopic (exact) mass is 454 g/mol. The number of likely N-dealkylation sites (N-methyl/N-ethyl adjacent to an activating group) is 1. The van der Waals surface area contributed by atoms with Gasteiger partial charge in [0.25, 0.3) is 11.8 Å². The van der Waals surface area contributed by atoms with E-state index in [9.17, 15) is 14.4 Å². The summed E-state index contributed by atoms with van der Waals surface area (Å²) in [6.45, 7) is 2.14. The largest absolute Gasteiger partial charge is 0.466 e. The van der Waals surface area contributed by atoms with Crippen molar-refractivity contribution in [3.63, 3.8) is 0 Å². The molecule has 0 aromatic heterocycles. The number of benzene rings is 1. The first-order chi connectivity index (χ1) is 12.3. The molecule has 0 unspecified atom stereocenters. The summed E-state index contributed by atoms with van der Waals surface area (Å²) < 4.78 is 6.03. The summed E-state index contributed by atoms with van der Waals surface area (Å²) in [7, 11) is 1.67. The Kier molecular flexibility index (Phi) is 5.50. The first kappa shape index (κ1) is 19.1. The quantitative estimate of drug-likeness (QED) is 0.395. The van der Waals surface area contributed by atoms with Crippen LogP contribution in [0.3, 0.4) is 0 Å². The highest BCUT2D eigenvalue weighted by atomic mass is 79.9. The van der Waals surface area contributed by atoms with Crippen molar-refractivity contribution in [1.29, 1.82) is 0 Å². The Morgan fingerprint density at radius 2 is 2.04 bits per heavy atom. The molecule has 136 valence electrons. The van der Waals surface area contributed by atoms with Crippen LogP contribution in [0.2, 0.25) is 0 Å². The molecule has 2 amide bonds. The molecule has 0 spiro atoms. The van der Waals surface area contributed by atoms with Crippen LogP contribution < -0.4 is 4.90 Å². The lowest BCUT2D eigenvalue weighted by Crippen LogP contribution is -2.31. The van der Waals surface area contributed by atoms with Crippen LogP contribution in [0.4, 0.5) is 5.69 Å². The Hall–Kier alpha value is -1.71. The maximum atomic E-state index is 12.8. The van der Waals surface area contributed by atoms with E-state index in [0.717, 1.165) is 21.9 Å². The Morgan fingerprint density at radius 3 is 2.73 bits per heavy atom. The fraction of sp³-hybridized carbons (Fsp3) is 0.294.